The lowest BCUT2D eigenvalue weighted by molar-refractivity contribution is -0.119. The molecule has 0 aromatic heterocycles. The summed E-state index contributed by atoms with van der Waals surface area (Å²) in [6, 6.07) is 44.8. The van der Waals surface area contributed by atoms with Crippen LogP contribution in [-0.4, -0.2) is 12.5 Å². The summed E-state index contributed by atoms with van der Waals surface area (Å²) in [4.78, 5) is 13.5. The number of carbonyl (C=O) groups is 1. The number of fused-ring (bicyclic) bond motifs is 1. The summed E-state index contributed by atoms with van der Waals surface area (Å²) in [6.07, 6.45) is 6.23. The number of allylic oxidation sites excluding steroid dienone is 1. The van der Waals surface area contributed by atoms with Crippen molar-refractivity contribution >= 4 is 28.6 Å². The Bertz CT molecular complexity index is 1620. The number of hydrogen-bond acceptors (Lipinski definition) is 3. The maximum absolute atomic E-state index is 12.5. The summed E-state index contributed by atoms with van der Waals surface area (Å²) in [6.45, 7) is 5.22. The van der Waals surface area contributed by atoms with Crippen LogP contribution in [0.15, 0.2) is 145 Å². The van der Waals surface area contributed by atoms with E-state index in [1.54, 1.807) is 0 Å². The average Bonchev–Trinajstić information content (AvgIpc) is 3.07. The summed E-state index contributed by atoms with van der Waals surface area (Å²) in [7, 11) is 0. The molecule has 5 rings (SSSR count). The van der Waals surface area contributed by atoms with Gasteiger partial charge in [-0.3, -0.25) is 9.52 Å². The van der Waals surface area contributed by atoms with Crippen LogP contribution in [-0.2, 0) is 24.1 Å². The molecule has 3 nitrogen and oxygen atoms in total. The van der Waals surface area contributed by atoms with Gasteiger partial charge in [-0.1, -0.05) is 128 Å². The Labute approximate surface area is 266 Å². The Morgan fingerprint density at radius 1 is 0.705 bits per heavy atom. The van der Waals surface area contributed by atoms with Crippen molar-refractivity contribution in [3.05, 3.63) is 162 Å². The standard InChI is InChI=1S/C40H42N2OS/c1-31(41-28-27-32-15-5-2-6-16-32)29-35-25-26-36(39-23-13-12-22-38(35)39)30-34(33-17-7-3-8-18-33)19-11-14-24-40(43)42-44-37-20-9-4-10-21-37/h2-10,12-13,15-18,20-23,25-26,34,41H,1,11,14,19,24,27-30H2,(H,42,43). The van der Waals surface area contributed by atoms with Crippen LogP contribution in [0.2, 0.25) is 0 Å². The van der Waals surface area contributed by atoms with Gasteiger partial charge in [-0.2, -0.15) is 0 Å². The molecular weight excluding hydrogens is 557 g/mol. The van der Waals surface area contributed by atoms with Crippen molar-refractivity contribution in [2.24, 2.45) is 0 Å². The van der Waals surface area contributed by atoms with E-state index in [9.17, 15) is 4.79 Å². The first-order valence-electron chi connectivity index (χ1n) is 15.7. The summed E-state index contributed by atoms with van der Waals surface area (Å²) in [5, 5.41) is 6.16. The highest BCUT2D eigenvalue weighted by molar-refractivity contribution is 7.98. The molecule has 0 aliphatic carbocycles. The second-order valence-corrected chi connectivity index (χ2v) is 12.2. The molecule has 224 valence electrons. The molecular formula is C40H42N2OS. The van der Waals surface area contributed by atoms with Crippen molar-refractivity contribution in [3.63, 3.8) is 0 Å². The fourth-order valence-electron chi connectivity index (χ4n) is 5.79. The smallest absolute Gasteiger partial charge is 0.230 e. The van der Waals surface area contributed by atoms with Crippen LogP contribution >= 0.6 is 11.9 Å². The zero-order valence-electron chi connectivity index (χ0n) is 25.4. The first-order chi connectivity index (χ1) is 21.7. The van der Waals surface area contributed by atoms with Gasteiger partial charge in [0.1, 0.15) is 0 Å². The minimum Gasteiger partial charge on any atom is -0.388 e. The van der Waals surface area contributed by atoms with Crippen molar-refractivity contribution in [2.75, 3.05) is 6.54 Å². The number of rotatable bonds is 16. The first-order valence-corrected chi connectivity index (χ1v) is 16.5. The maximum Gasteiger partial charge on any atom is 0.230 e. The van der Waals surface area contributed by atoms with E-state index in [1.807, 2.05) is 30.3 Å². The van der Waals surface area contributed by atoms with Gasteiger partial charge < -0.3 is 5.32 Å². The second-order valence-electron chi connectivity index (χ2n) is 11.4. The summed E-state index contributed by atoms with van der Waals surface area (Å²) >= 11 is 1.39. The molecule has 0 bridgehead atoms. The molecule has 1 atom stereocenters. The van der Waals surface area contributed by atoms with E-state index in [4.69, 9.17) is 0 Å². The van der Waals surface area contributed by atoms with Gasteiger partial charge in [0.15, 0.2) is 0 Å². The van der Waals surface area contributed by atoms with E-state index < -0.39 is 0 Å². The minimum atomic E-state index is 0.0906. The quantitative estimate of drug-likeness (QED) is 0.0878. The Morgan fingerprint density at radius 3 is 2.05 bits per heavy atom. The molecule has 5 aromatic carbocycles. The Hall–Kier alpha value is -4.28. The third kappa shape index (κ3) is 9.36. The molecule has 0 spiro atoms. The highest BCUT2D eigenvalue weighted by atomic mass is 32.2. The van der Waals surface area contributed by atoms with Gasteiger partial charge in [0.25, 0.3) is 0 Å². The summed E-state index contributed by atoms with van der Waals surface area (Å²) < 4.78 is 2.98. The van der Waals surface area contributed by atoms with Crippen LogP contribution in [0.1, 0.15) is 53.9 Å². The van der Waals surface area contributed by atoms with Crippen LogP contribution in [0.25, 0.3) is 10.8 Å². The largest absolute Gasteiger partial charge is 0.388 e. The van der Waals surface area contributed by atoms with Crippen LogP contribution in [0, 0.1) is 0 Å². The highest BCUT2D eigenvalue weighted by Gasteiger charge is 2.16. The van der Waals surface area contributed by atoms with Crippen LogP contribution in [0.5, 0.6) is 0 Å². The van der Waals surface area contributed by atoms with Crippen molar-refractivity contribution in [1.29, 1.82) is 0 Å². The van der Waals surface area contributed by atoms with Gasteiger partial charge in [0.2, 0.25) is 5.91 Å². The Morgan fingerprint density at radius 2 is 1.32 bits per heavy atom. The number of hydrogen-bond donors (Lipinski definition) is 2. The molecule has 1 amide bonds. The summed E-state index contributed by atoms with van der Waals surface area (Å²) in [5.74, 6) is 0.481. The zero-order chi connectivity index (χ0) is 30.4. The van der Waals surface area contributed by atoms with Gasteiger partial charge in [-0.15, -0.1) is 0 Å². The Kier molecular flexibility index (Phi) is 11.7. The lowest BCUT2D eigenvalue weighted by Gasteiger charge is -2.20. The van der Waals surface area contributed by atoms with Gasteiger partial charge in [0, 0.05) is 30.0 Å². The van der Waals surface area contributed by atoms with Crippen LogP contribution < -0.4 is 10.0 Å². The molecule has 1 unspecified atom stereocenters. The molecule has 2 N–H and O–H groups in total. The van der Waals surface area contributed by atoms with E-state index in [0.717, 1.165) is 55.7 Å². The molecule has 0 aliphatic rings. The average molecular weight is 599 g/mol. The third-order valence-electron chi connectivity index (χ3n) is 8.11. The SMILES string of the molecule is C=C(Cc1ccc(CC(CCCCC(=O)NSc2ccccc2)c2ccccc2)c2ccccc12)NCCc1ccccc1. The maximum atomic E-state index is 12.5. The van der Waals surface area contributed by atoms with E-state index in [1.165, 1.54) is 45.0 Å². The zero-order valence-corrected chi connectivity index (χ0v) is 26.2. The lowest BCUT2D eigenvalue weighted by Crippen LogP contribution is -2.17. The topological polar surface area (TPSA) is 41.1 Å². The van der Waals surface area contributed by atoms with E-state index in [2.05, 4.69) is 114 Å². The number of benzene rings is 5. The molecule has 5 aromatic rings. The molecule has 0 heterocycles. The van der Waals surface area contributed by atoms with Gasteiger partial charge in [0.05, 0.1) is 0 Å². The first kappa shape index (κ1) is 31.2. The molecule has 44 heavy (non-hydrogen) atoms. The molecule has 4 heteroatoms. The minimum absolute atomic E-state index is 0.0906. The number of unbranched alkanes of at least 4 members (excludes halogenated alkanes) is 1. The predicted octanol–water partition coefficient (Wildman–Crippen LogP) is 9.44. The lowest BCUT2D eigenvalue weighted by atomic mass is 9.85. The molecule has 0 radical (unpaired) electrons. The summed E-state index contributed by atoms with van der Waals surface area (Å²) in [5.41, 5.74) is 6.42. The van der Waals surface area contributed by atoms with Crippen molar-refractivity contribution in [1.82, 2.24) is 10.0 Å². The Balaban J connectivity index is 1.20. The molecule has 0 fully saturated rings. The second kappa shape index (κ2) is 16.5. The van der Waals surface area contributed by atoms with Crippen LogP contribution in [0.3, 0.4) is 0 Å². The van der Waals surface area contributed by atoms with E-state index >= 15 is 0 Å². The number of carbonyl (C=O) groups excluding carboxylic acids is 1. The van der Waals surface area contributed by atoms with Crippen molar-refractivity contribution in [3.8, 4) is 0 Å². The molecule has 0 aliphatic heterocycles. The molecule has 0 saturated carbocycles. The van der Waals surface area contributed by atoms with Crippen molar-refractivity contribution in [2.45, 2.75) is 55.8 Å². The monoisotopic (exact) mass is 598 g/mol. The van der Waals surface area contributed by atoms with E-state index in [0.29, 0.717) is 12.3 Å². The van der Waals surface area contributed by atoms with Gasteiger partial charge in [-0.05, 0) is 88.7 Å². The normalized spacial score (nSPS) is 11.6. The van der Waals surface area contributed by atoms with Gasteiger partial charge >= 0.3 is 0 Å². The predicted molar refractivity (Wildman–Crippen MR) is 187 cm³/mol. The van der Waals surface area contributed by atoms with E-state index in [-0.39, 0.29) is 5.91 Å². The number of nitrogens with one attached hydrogen (secondary N) is 2. The fourth-order valence-corrected chi connectivity index (χ4v) is 6.41. The highest BCUT2D eigenvalue weighted by Crippen LogP contribution is 2.32. The van der Waals surface area contributed by atoms with Crippen LogP contribution in [0.4, 0.5) is 0 Å². The fraction of sp³-hybridized carbons (Fsp3) is 0.225. The number of amides is 1. The van der Waals surface area contributed by atoms with Crippen molar-refractivity contribution < 1.29 is 4.79 Å². The third-order valence-corrected chi connectivity index (χ3v) is 8.95. The molecule has 0 saturated heterocycles. The van der Waals surface area contributed by atoms with Gasteiger partial charge in [-0.25, -0.2) is 0 Å².